The highest BCUT2D eigenvalue weighted by Gasteiger charge is 2.27. The highest BCUT2D eigenvalue weighted by molar-refractivity contribution is 6.31. The van der Waals surface area contributed by atoms with Gasteiger partial charge in [-0.3, -0.25) is 4.68 Å². The number of nitrogens with zero attached hydrogens (tertiary/aromatic N) is 2. The highest BCUT2D eigenvalue weighted by Crippen LogP contribution is 2.36. The monoisotopic (exact) mass is 291 g/mol. The van der Waals surface area contributed by atoms with E-state index in [0.29, 0.717) is 5.92 Å². The summed E-state index contributed by atoms with van der Waals surface area (Å²) in [6.45, 7) is 5.23. The van der Waals surface area contributed by atoms with Crippen LogP contribution >= 0.6 is 11.6 Å². The topological polar surface area (TPSA) is 29.9 Å². The summed E-state index contributed by atoms with van der Waals surface area (Å²) in [5, 5.41) is 8.57. The first kappa shape index (κ1) is 15.1. The summed E-state index contributed by atoms with van der Waals surface area (Å²) >= 11 is 6.34. The highest BCUT2D eigenvalue weighted by atomic mass is 35.5. The number of halogens is 1. The van der Waals surface area contributed by atoms with E-state index in [4.69, 9.17) is 11.6 Å². The van der Waals surface area contributed by atoms with Crippen LogP contribution in [0.4, 0.5) is 0 Å². The summed E-state index contributed by atoms with van der Waals surface area (Å²) in [6, 6.07) is 10.8. The van der Waals surface area contributed by atoms with Crippen LogP contribution in [0.2, 0.25) is 5.02 Å². The Labute approximate surface area is 126 Å². The van der Waals surface area contributed by atoms with Gasteiger partial charge in [-0.25, -0.2) is 0 Å². The van der Waals surface area contributed by atoms with E-state index in [2.05, 4.69) is 54.6 Å². The zero-order chi connectivity index (χ0) is 14.5. The minimum absolute atomic E-state index is 0.174. The lowest BCUT2D eigenvalue weighted by Gasteiger charge is -2.28. The fourth-order valence-electron chi connectivity index (χ4n) is 2.78. The zero-order valence-electron chi connectivity index (χ0n) is 12.3. The number of hydrogen-bond donors (Lipinski definition) is 1. The molecule has 1 aromatic heterocycles. The largest absolute Gasteiger partial charge is 0.308 e. The standard InChI is InChI=1S/C16H22ClN3/c1-4-13(12-9-7-6-8-10-12)15(18-5-2)16-14(17)11-19-20(16)3/h6-11,13,15,18H,4-5H2,1-3H3. The molecule has 0 radical (unpaired) electrons. The lowest BCUT2D eigenvalue weighted by atomic mass is 9.87. The van der Waals surface area contributed by atoms with Gasteiger partial charge in [0.25, 0.3) is 0 Å². The summed E-state index contributed by atoms with van der Waals surface area (Å²) in [5.41, 5.74) is 2.39. The summed E-state index contributed by atoms with van der Waals surface area (Å²) in [6.07, 6.45) is 2.77. The first-order chi connectivity index (χ1) is 9.69. The third-order valence-electron chi connectivity index (χ3n) is 3.73. The second kappa shape index (κ2) is 6.91. The van der Waals surface area contributed by atoms with Crippen molar-refractivity contribution in [1.82, 2.24) is 15.1 Å². The molecule has 2 aromatic rings. The summed E-state index contributed by atoms with van der Waals surface area (Å²) in [4.78, 5) is 0. The maximum Gasteiger partial charge on any atom is 0.0834 e. The molecule has 0 spiro atoms. The minimum Gasteiger partial charge on any atom is -0.308 e. The third kappa shape index (κ3) is 3.05. The molecule has 0 saturated heterocycles. The molecule has 1 aromatic carbocycles. The average Bonchev–Trinajstić information content (AvgIpc) is 2.79. The second-order valence-corrected chi connectivity index (χ2v) is 5.37. The van der Waals surface area contributed by atoms with Crippen LogP contribution in [0.15, 0.2) is 36.5 Å². The van der Waals surface area contributed by atoms with Crippen LogP contribution < -0.4 is 5.32 Å². The number of nitrogens with one attached hydrogen (secondary N) is 1. The maximum atomic E-state index is 6.34. The number of hydrogen-bond acceptors (Lipinski definition) is 2. The molecule has 0 amide bonds. The minimum atomic E-state index is 0.174. The molecule has 0 aliphatic carbocycles. The molecule has 0 aliphatic rings. The van der Waals surface area contributed by atoms with Crippen LogP contribution in [0.3, 0.4) is 0 Å². The van der Waals surface area contributed by atoms with E-state index in [1.165, 1.54) is 5.56 Å². The Balaban J connectivity index is 2.41. The van der Waals surface area contributed by atoms with Crippen LogP contribution in [0.25, 0.3) is 0 Å². The summed E-state index contributed by atoms with van der Waals surface area (Å²) in [5.74, 6) is 0.379. The van der Waals surface area contributed by atoms with Crippen molar-refractivity contribution < 1.29 is 0 Å². The SMILES string of the molecule is CCNC(c1c(Cl)cnn1C)C(CC)c1ccccc1. The van der Waals surface area contributed by atoms with Crippen molar-refractivity contribution in [3.05, 3.63) is 52.8 Å². The van der Waals surface area contributed by atoms with Crippen LogP contribution in [-0.2, 0) is 7.05 Å². The van der Waals surface area contributed by atoms with Gasteiger partial charge in [0, 0.05) is 13.0 Å². The average molecular weight is 292 g/mol. The van der Waals surface area contributed by atoms with Gasteiger partial charge < -0.3 is 5.32 Å². The van der Waals surface area contributed by atoms with Gasteiger partial charge in [0.1, 0.15) is 0 Å². The van der Waals surface area contributed by atoms with Crippen molar-refractivity contribution in [3.63, 3.8) is 0 Å². The first-order valence-corrected chi connectivity index (χ1v) is 7.52. The predicted octanol–water partition coefficient (Wildman–Crippen LogP) is 3.92. The second-order valence-electron chi connectivity index (χ2n) is 4.96. The van der Waals surface area contributed by atoms with Crippen molar-refractivity contribution in [1.29, 1.82) is 0 Å². The van der Waals surface area contributed by atoms with Crippen LogP contribution in [0, 0.1) is 0 Å². The predicted molar refractivity (Wildman–Crippen MR) is 84.1 cm³/mol. The summed E-state index contributed by atoms with van der Waals surface area (Å²) in [7, 11) is 1.95. The molecule has 2 rings (SSSR count). The Morgan fingerprint density at radius 1 is 1.25 bits per heavy atom. The molecule has 0 fully saturated rings. The Kier molecular flexibility index (Phi) is 5.21. The number of likely N-dealkylation sites (N-methyl/N-ethyl adjacent to an activating group) is 1. The van der Waals surface area contributed by atoms with Gasteiger partial charge in [-0.1, -0.05) is 55.8 Å². The van der Waals surface area contributed by atoms with E-state index in [1.54, 1.807) is 6.20 Å². The molecule has 108 valence electrons. The lowest BCUT2D eigenvalue weighted by molar-refractivity contribution is 0.421. The fourth-order valence-corrected chi connectivity index (χ4v) is 3.07. The van der Waals surface area contributed by atoms with Crippen molar-refractivity contribution in [2.45, 2.75) is 32.2 Å². The van der Waals surface area contributed by atoms with Gasteiger partial charge in [-0.05, 0) is 18.5 Å². The molecular formula is C16H22ClN3. The van der Waals surface area contributed by atoms with Crippen LogP contribution in [-0.4, -0.2) is 16.3 Å². The third-order valence-corrected chi connectivity index (χ3v) is 4.02. The molecule has 0 aliphatic heterocycles. The summed E-state index contributed by atoms with van der Waals surface area (Å²) < 4.78 is 1.88. The smallest absolute Gasteiger partial charge is 0.0834 e. The number of aromatic nitrogens is 2. The van der Waals surface area contributed by atoms with Crippen molar-refractivity contribution >= 4 is 11.6 Å². The van der Waals surface area contributed by atoms with E-state index < -0.39 is 0 Å². The number of aryl methyl sites for hydroxylation is 1. The number of benzene rings is 1. The van der Waals surface area contributed by atoms with Gasteiger partial charge in [-0.15, -0.1) is 0 Å². The molecule has 4 heteroatoms. The van der Waals surface area contributed by atoms with Crippen molar-refractivity contribution in [2.75, 3.05) is 6.54 Å². The van der Waals surface area contributed by atoms with Gasteiger partial charge in [0.15, 0.2) is 0 Å². The van der Waals surface area contributed by atoms with Crippen molar-refractivity contribution in [2.24, 2.45) is 7.05 Å². The number of rotatable bonds is 6. The molecule has 2 unspecified atom stereocenters. The van der Waals surface area contributed by atoms with Gasteiger partial charge >= 0.3 is 0 Å². The molecule has 0 saturated carbocycles. The normalized spacial score (nSPS) is 14.2. The quantitative estimate of drug-likeness (QED) is 0.874. The van der Waals surface area contributed by atoms with Gasteiger partial charge in [0.2, 0.25) is 0 Å². The van der Waals surface area contributed by atoms with Gasteiger partial charge in [-0.2, -0.15) is 5.10 Å². The fraction of sp³-hybridized carbons (Fsp3) is 0.438. The molecule has 1 N–H and O–H groups in total. The van der Waals surface area contributed by atoms with Crippen molar-refractivity contribution in [3.8, 4) is 0 Å². The van der Waals surface area contributed by atoms with E-state index in [-0.39, 0.29) is 6.04 Å². The molecule has 20 heavy (non-hydrogen) atoms. The van der Waals surface area contributed by atoms with E-state index in [9.17, 15) is 0 Å². The zero-order valence-corrected chi connectivity index (χ0v) is 13.1. The molecule has 3 nitrogen and oxygen atoms in total. The van der Waals surface area contributed by atoms with E-state index in [0.717, 1.165) is 23.7 Å². The van der Waals surface area contributed by atoms with E-state index >= 15 is 0 Å². The Morgan fingerprint density at radius 3 is 2.45 bits per heavy atom. The first-order valence-electron chi connectivity index (χ1n) is 7.14. The molecular weight excluding hydrogens is 270 g/mol. The Hall–Kier alpha value is -1.32. The Morgan fingerprint density at radius 2 is 1.95 bits per heavy atom. The Bertz CT molecular complexity index is 516. The lowest BCUT2D eigenvalue weighted by Crippen LogP contribution is -2.29. The van der Waals surface area contributed by atoms with Gasteiger partial charge in [0.05, 0.1) is 23.0 Å². The van der Waals surface area contributed by atoms with Crippen LogP contribution in [0.1, 0.15) is 43.5 Å². The molecule has 1 heterocycles. The molecule has 0 bridgehead atoms. The maximum absolute atomic E-state index is 6.34. The van der Waals surface area contributed by atoms with Crippen LogP contribution in [0.5, 0.6) is 0 Å². The van der Waals surface area contributed by atoms with E-state index in [1.807, 2.05) is 11.7 Å². The molecule has 2 atom stereocenters.